The van der Waals surface area contributed by atoms with Crippen molar-refractivity contribution in [1.29, 1.82) is 0 Å². The molecule has 14 heavy (non-hydrogen) atoms. The van der Waals surface area contributed by atoms with Crippen LogP contribution in [0.3, 0.4) is 0 Å². The van der Waals surface area contributed by atoms with Crippen LogP contribution in [-0.4, -0.2) is 25.4 Å². The van der Waals surface area contributed by atoms with E-state index in [4.69, 9.17) is 11.6 Å². The summed E-state index contributed by atoms with van der Waals surface area (Å²) < 4.78 is 1.49. The molecule has 70 valence electrons. The van der Waals surface area contributed by atoms with E-state index in [2.05, 4.69) is 15.5 Å². The summed E-state index contributed by atoms with van der Waals surface area (Å²) in [4.78, 5) is 10.8. The fraction of sp³-hybridized carbons (Fsp3) is 0. The van der Waals surface area contributed by atoms with Gasteiger partial charge in [0.1, 0.15) is 6.33 Å². The molecule has 1 aromatic heterocycles. The second kappa shape index (κ2) is 3.55. The van der Waals surface area contributed by atoms with Gasteiger partial charge in [-0.05, 0) is 46.3 Å². The van der Waals surface area contributed by atoms with E-state index in [0.717, 1.165) is 5.69 Å². The van der Waals surface area contributed by atoms with Crippen molar-refractivity contribution in [3.05, 3.63) is 36.2 Å². The lowest BCUT2D eigenvalue weighted by molar-refractivity contribution is 0.108. The van der Waals surface area contributed by atoms with Gasteiger partial charge in [-0.25, -0.2) is 4.68 Å². The maximum absolute atomic E-state index is 10.8. The molecule has 1 heterocycles. The molecule has 2 rings (SSSR count). The fourth-order valence-corrected chi connectivity index (χ4v) is 1.15. The quantitative estimate of drug-likeness (QED) is 0.692. The summed E-state index contributed by atoms with van der Waals surface area (Å²) in [6, 6.07) is 6.66. The fourth-order valence-electron chi connectivity index (χ4n) is 1.02. The van der Waals surface area contributed by atoms with Crippen LogP contribution >= 0.6 is 11.6 Å². The third kappa shape index (κ3) is 1.62. The number of halogens is 1. The number of tetrazole rings is 1. The van der Waals surface area contributed by atoms with E-state index in [1.165, 1.54) is 11.0 Å². The van der Waals surface area contributed by atoms with Crippen LogP contribution in [0, 0.1) is 0 Å². The second-order valence-corrected chi connectivity index (χ2v) is 2.92. The average Bonchev–Trinajstić information content (AvgIpc) is 2.71. The minimum Gasteiger partial charge on any atom is -0.276 e. The highest BCUT2D eigenvalue weighted by Gasteiger charge is 2.02. The van der Waals surface area contributed by atoms with Crippen molar-refractivity contribution < 1.29 is 4.79 Å². The number of nitrogens with zero attached hydrogens (tertiary/aromatic N) is 4. The van der Waals surface area contributed by atoms with Crippen LogP contribution in [0.25, 0.3) is 5.69 Å². The minimum atomic E-state index is -0.478. The molecule has 0 N–H and O–H groups in total. The molecule has 0 aliphatic heterocycles. The Balaban J connectivity index is 2.36. The molecule has 0 fully saturated rings. The van der Waals surface area contributed by atoms with Crippen molar-refractivity contribution in [1.82, 2.24) is 20.2 Å². The van der Waals surface area contributed by atoms with Gasteiger partial charge in [0.05, 0.1) is 5.69 Å². The Morgan fingerprint density at radius 1 is 1.29 bits per heavy atom. The number of hydrogen-bond donors (Lipinski definition) is 0. The first kappa shape index (κ1) is 8.83. The van der Waals surface area contributed by atoms with Gasteiger partial charge < -0.3 is 0 Å². The Bertz CT molecular complexity index is 437. The zero-order valence-electron chi connectivity index (χ0n) is 6.96. The molecule has 6 heteroatoms. The zero-order chi connectivity index (χ0) is 9.97. The van der Waals surface area contributed by atoms with Gasteiger partial charge in [-0.1, -0.05) is 0 Å². The smallest absolute Gasteiger partial charge is 0.252 e. The monoisotopic (exact) mass is 208 g/mol. The number of hydrogen-bond acceptors (Lipinski definition) is 4. The predicted molar refractivity (Wildman–Crippen MR) is 49.3 cm³/mol. The van der Waals surface area contributed by atoms with Crippen molar-refractivity contribution in [2.75, 3.05) is 0 Å². The van der Waals surface area contributed by atoms with Gasteiger partial charge in [-0.15, -0.1) is 5.10 Å². The van der Waals surface area contributed by atoms with Crippen LogP contribution in [-0.2, 0) is 0 Å². The molecule has 0 spiro atoms. The predicted octanol–water partition coefficient (Wildman–Crippen LogP) is 1.04. The minimum absolute atomic E-state index is 0.448. The van der Waals surface area contributed by atoms with Crippen LogP contribution in [0.2, 0.25) is 0 Å². The van der Waals surface area contributed by atoms with Crippen molar-refractivity contribution in [3.63, 3.8) is 0 Å². The zero-order valence-corrected chi connectivity index (χ0v) is 7.72. The van der Waals surface area contributed by atoms with Crippen LogP contribution < -0.4 is 0 Å². The molecule has 2 aromatic rings. The Morgan fingerprint density at radius 3 is 2.50 bits per heavy atom. The molecule has 5 nitrogen and oxygen atoms in total. The Labute approximate surface area is 84.3 Å². The summed E-state index contributed by atoms with van der Waals surface area (Å²) in [5.74, 6) is 0. The summed E-state index contributed by atoms with van der Waals surface area (Å²) in [6.07, 6.45) is 1.47. The first-order valence-electron chi connectivity index (χ1n) is 3.80. The molecule has 0 aliphatic rings. The Hall–Kier alpha value is -1.75. The molecule has 1 aromatic carbocycles. The van der Waals surface area contributed by atoms with Gasteiger partial charge in [-0.3, -0.25) is 4.79 Å². The molecular weight excluding hydrogens is 204 g/mol. The molecule has 0 saturated carbocycles. The van der Waals surface area contributed by atoms with Gasteiger partial charge in [0.2, 0.25) is 0 Å². The normalized spacial score (nSPS) is 10.1. The molecule has 0 radical (unpaired) electrons. The molecule has 0 unspecified atom stereocenters. The molecule has 0 aliphatic carbocycles. The summed E-state index contributed by atoms with van der Waals surface area (Å²) in [5.41, 5.74) is 1.22. The third-order valence-electron chi connectivity index (χ3n) is 1.71. The average molecular weight is 209 g/mol. The van der Waals surface area contributed by atoms with E-state index in [0.29, 0.717) is 5.56 Å². The standard InChI is InChI=1S/C8H5ClN4O/c9-8(14)6-1-3-7(4-2-6)13-5-10-11-12-13/h1-5H. The largest absolute Gasteiger partial charge is 0.276 e. The number of rotatable bonds is 2. The highest BCUT2D eigenvalue weighted by molar-refractivity contribution is 6.67. The molecule has 0 atom stereocenters. The van der Waals surface area contributed by atoms with Crippen LogP contribution in [0.15, 0.2) is 30.6 Å². The van der Waals surface area contributed by atoms with Gasteiger partial charge in [0, 0.05) is 5.56 Å². The maximum atomic E-state index is 10.8. The molecule has 0 saturated heterocycles. The van der Waals surface area contributed by atoms with Gasteiger partial charge >= 0.3 is 0 Å². The van der Waals surface area contributed by atoms with Crippen LogP contribution in [0.1, 0.15) is 10.4 Å². The van der Waals surface area contributed by atoms with Gasteiger partial charge in [0.15, 0.2) is 0 Å². The summed E-state index contributed by atoms with van der Waals surface area (Å²) >= 11 is 5.29. The number of aromatic nitrogens is 4. The van der Waals surface area contributed by atoms with E-state index in [1.54, 1.807) is 24.3 Å². The highest BCUT2D eigenvalue weighted by atomic mass is 35.5. The molecule has 0 amide bonds. The first-order valence-corrected chi connectivity index (χ1v) is 4.18. The van der Waals surface area contributed by atoms with Gasteiger partial charge in [0.25, 0.3) is 5.24 Å². The highest BCUT2D eigenvalue weighted by Crippen LogP contribution is 2.09. The lowest BCUT2D eigenvalue weighted by atomic mass is 10.2. The van der Waals surface area contributed by atoms with E-state index in [-0.39, 0.29) is 0 Å². The summed E-state index contributed by atoms with van der Waals surface area (Å²) in [6.45, 7) is 0. The van der Waals surface area contributed by atoms with E-state index in [1.807, 2.05) is 0 Å². The third-order valence-corrected chi connectivity index (χ3v) is 1.93. The number of carbonyl (C=O) groups is 1. The number of benzene rings is 1. The van der Waals surface area contributed by atoms with Crippen molar-refractivity contribution in [3.8, 4) is 5.69 Å². The first-order chi connectivity index (χ1) is 6.77. The molecular formula is C8H5ClN4O. The van der Waals surface area contributed by atoms with E-state index >= 15 is 0 Å². The second-order valence-electron chi connectivity index (χ2n) is 2.57. The SMILES string of the molecule is O=C(Cl)c1ccc(-n2cnnn2)cc1. The van der Waals surface area contributed by atoms with Crippen molar-refractivity contribution in [2.24, 2.45) is 0 Å². The van der Waals surface area contributed by atoms with Crippen molar-refractivity contribution in [2.45, 2.75) is 0 Å². The van der Waals surface area contributed by atoms with E-state index < -0.39 is 5.24 Å². The van der Waals surface area contributed by atoms with Crippen molar-refractivity contribution >= 4 is 16.8 Å². The lowest BCUT2D eigenvalue weighted by Crippen LogP contribution is -1.96. The Morgan fingerprint density at radius 2 is 2.00 bits per heavy atom. The maximum Gasteiger partial charge on any atom is 0.252 e. The molecule has 0 bridgehead atoms. The number of carbonyl (C=O) groups excluding carboxylic acids is 1. The van der Waals surface area contributed by atoms with E-state index in [9.17, 15) is 4.79 Å². The topological polar surface area (TPSA) is 60.7 Å². The van der Waals surface area contributed by atoms with Crippen LogP contribution in [0.4, 0.5) is 0 Å². The van der Waals surface area contributed by atoms with Crippen LogP contribution in [0.5, 0.6) is 0 Å². The Kier molecular flexibility index (Phi) is 2.24. The summed E-state index contributed by atoms with van der Waals surface area (Å²) in [7, 11) is 0. The van der Waals surface area contributed by atoms with Gasteiger partial charge in [-0.2, -0.15) is 0 Å². The summed E-state index contributed by atoms with van der Waals surface area (Å²) in [5, 5.41) is 10.2. The lowest BCUT2D eigenvalue weighted by Gasteiger charge is -1.98.